The highest BCUT2D eigenvalue weighted by Gasteiger charge is 2.31. The Morgan fingerprint density at radius 1 is 1.44 bits per heavy atom. The van der Waals surface area contributed by atoms with E-state index in [0.29, 0.717) is 19.6 Å². The van der Waals surface area contributed by atoms with Crippen LogP contribution < -0.4 is 0 Å². The van der Waals surface area contributed by atoms with Crippen LogP contribution in [0.2, 0.25) is 0 Å². The normalized spacial score (nSPS) is 20.8. The summed E-state index contributed by atoms with van der Waals surface area (Å²) in [5, 5.41) is 8.99. The van der Waals surface area contributed by atoms with Crippen LogP contribution >= 0.6 is 0 Å². The number of carboxylic acid groups (broad SMARTS) is 1. The summed E-state index contributed by atoms with van der Waals surface area (Å²) in [5.41, 5.74) is 0. The second kappa shape index (κ2) is 6.48. The van der Waals surface area contributed by atoms with Crippen LogP contribution in [0.4, 0.5) is 0 Å². The third-order valence-corrected chi connectivity index (χ3v) is 2.68. The molecule has 1 aliphatic heterocycles. The van der Waals surface area contributed by atoms with Gasteiger partial charge in [0.2, 0.25) is 5.91 Å². The van der Waals surface area contributed by atoms with Gasteiger partial charge in [-0.05, 0) is 25.7 Å². The summed E-state index contributed by atoms with van der Waals surface area (Å²) in [5.74, 6) is -1.12. The zero-order valence-electron chi connectivity index (χ0n) is 9.65. The van der Waals surface area contributed by atoms with E-state index in [-0.39, 0.29) is 12.5 Å². The van der Waals surface area contributed by atoms with E-state index in [1.807, 2.05) is 6.92 Å². The fourth-order valence-electron chi connectivity index (χ4n) is 1.87. The summed E-state index contributed by atoms with van der Waals surface area (Å²) in [4.78, 5) is 24.1. The molecule has 5 heteroatoms. The second-order valence-electron chi connectivity index (χ2n) is 3.99. The van der Waals surface area contributed by atoms with Crippen LogP contribution in [-0.2, 0) is 14.3 Å². The summed E-state index contributed by atoms with van der Waals surface area (Å²) in [6, 6.07) is -0.661. The molecule has 0 aromatic rings. The quantitative estimate of drug-likeness (QED) is 0.711. The highest BCUT2D eigenvalue weighted by atomic mass is 16.5. The Hall–Kier alpha value is -1.10. The first kappa shape index (κ1) is 13.0. The highest BCUT2D eigenvalue weighted by Crippen LogP contribution is 2.17. The number of aliphatic carboxylic acids is 1. The molecule has 5 nitrogen and oxygen atoms in total. The lowest BCUT2D eigenvalue weighted by Crippen LogP contribution is -2.49. The molecule has 0 bridgehead atoms. The van der Waals surface area contributed by atoms with E-state index in [1.54, 1.807) is 0 Å². The Kier molecular flexibility index (Phi) is 5.25. The van der Waals surface area contributed by atoms with Crippen LogP contribution in [0.1, 0.15) is 32.6 Å². The van der Waals surface area contributed by atoms with E-state index >= 15 is 0 Å². The number of rotatable bonds is 5. The summed E-state index contributed by atoms with van der Waals surface area (Å²) < 4.78 is 5.14. The van der Waals surface area contributed by atoms with Gasteiger partial charge < -0.3 is 14.7 Å². The fourth-order valence-corrected chi connectivity index (χ4v) is 1.87. The topological polar surface area (TPSA) is 66.8 Å². The number of amides is 1. The van der Waals surface area contributed by atoms with Crippen LogP contribution in [0.25, 0.3) is 0 Å². The van der Waals surface area contributed by atoms with Crippen LogP contribution in [0.5, 0.6) is 0 Å². The van der Waals surface area contributed by atoms with Crippen LogP contribution in [-0.4, -0.2) is 47.7 Å². The Balaban J connectivity index is 2.47. The molecule has 0 spiro atoms. The Morgan fingerprint density at radius 3 is 2.81 bits per heavy atom. The Labute approximate surface area is 95.4 Å². The SMILES string of the molecule is CCCOCC(=O)N1CCCC[C@@H]1C(=O)O. The number of carbonyl (C=O) groups excluding carboxylic acids is 1. The molecule has 0 aliphatic carbocycles. The van der Waals surface area contributed by atoms with Gasteiger partial charge in [-0.25, -0.2) is 4.79 Å². The predicted molar refractivity (Wildman–Crippen MR) is 58.1 cm³/mol. The first-order valence-electron chi connectivity index (χ1n) is 5.76. The van der Waals surface area contributed by atoms with Crippen LogP contribution in [0.15, 0.2) is 0 Å². The molecule has 1 heterocycles. The maximum absolute atomic E-state index is 11.7. The van der Waals surface area contributed by atoms with Crippen LogP contribution in [0.3, 0.4) is 0 Å². The number of carbonyl (C=O) groups is 2. The van der Waals surface area contributed by atoms with Crippen molar-refractivity contribution in [2.45, 2.75) is 38.6 Å². The van der Waals surface area contributed by atoms with E-state index in [1.165, 1.54) is 4.90 Å². The fraction of sp³-hybridized carbons (Fsp3) is 0.818. The van der Waals surface area contributed by atoms with E-state index < -0.39 is 12.0 Å². The van der Waals surface area contributed by atoms with E-state index in [9.17, 15) is 9.59 Å². The van der Waals surface area contributed by atoms with Gasteiger partial charge in [0.05, 0.1) is 0 Å². The zero-order chi connectivity index (χ0) is 12.0. The molecule has 0 aromatic carbocycles. The Bertz CT molecular complexity index is 254. The van der Waals surface area contributed by atoms with Crippen molar-refractivity contribution in [1.82, 2.24) is 4.90 Å². The van der Waals surface area contributed by atoms with Crippen molar-refractivity contribution in [3.8, 4) is 0 Å². The number of piperidine rings is 1. The Morgan fingerprint density at radius 2 is 2.19 bits per heavy atom. The molecule has 1 rings (SSSR count). The second-order valence-corrected chi connectivity index (χ2v) is 3.99. The lowest BCUT2D eigenvalue weighted by Gasteiger charge is -2.32. The smallest absolute Gasteiger partial charge is 0.326 e. The third-order valence-electron chi connectivity index (χ3n) is 2.68. The first-order chi connectivity index (χ1) is 7.66. The van der Waals surface area contributed by atoms with Crippen molar-refractivity contribution in [1.29, 1.82) is 0 Å². The molecule has 0 radical (unpaired) electrons. The average Bonchev–Trinajstić information content (AvgIpc) is 2.29. The maximum atomic E-state index is 11.7. The van der Waals surface area contributed by atoms with E-state index in [0.717, 1.165) is 19.3 Å². The molecular formula is C11H19NO4. The molecule has 1 fully saturated rings. The van der Waals surface area contributed by atoms with Crippen molar-refractivity contribution >= 4 is 11.9 Å². The first-order valence-corrected chi connectivity index (χ1v) is 5.76. The third kappa shape index (κ3) is 3.48. The lowest BCUT2D eigenvalue weighted by molar-refractivity contribution is -0.154. The molecule has 0 aromatic heterocycles. The van der Waals surface area contributed by atoms with Gasteiger partial charge in [0.25, 0.3) is 0 Å². The predicted octanol–water partition coefficient (Wildman–Crippen LogP) is 0.879. The minimum Gasteiger partial charge on any atom is -0.480 e. The minimum atomic E-state index is -0.913. The van der Waals surface area contributed by atoms with E-state index in [4.69, 9.17) is 9.84 Å². The van der Waals surface area contributed by atoms with Gasteiger partial charge in [-0.2, -0.15) is 0 Å². The van der Waals surface area contributed by atoms with Crippen molar-refractivity contribution in [3.05, 3.63) is 0 Å². The summed E-state index contributed by atoms with van der Waals surface area (Å²) in [7, 11) is 0. The number of hydrogen-bond donors (Lipinski definition) is 1. The van der Waals surface area contributed by atoms with Gasteiger partial charge >= 0.3 is 5.97 Å². The average molecular weight is 229 g/mol. The number of ether oxygens (including phenoxy) is 1. The molecule has 92 valence electrons. The summed E-state index contributed by atoms with van der Waals surface area (Å²) in [6.45, 7) is 3.03. The molecule has 1 N–H and O–H groups in total. The standard InChI is InChI=1S/C11H19NO4/c1-2-7-16-8-10(13)12-6-4-3-5-9(12)11(14)15/h9H,2-8H2,1H3,(H,14,15)/t9-/m1/s1. The number of likely N-dealkylation sites (tertiary alicyclic amines) is 1. The van der Waals surface area contributed by atoms with Crippen molar-refractivity contribution < 1.29 is 19.4 Å². The monoisotopic (exact) mass is 229 g/mol. The number of hydrogen-bond acceptors (Lipinski definition) is 3. The summed E-state index contributed by atoms with van der Waals surface area (Å²) >= 11 is 0. The van der Waals surface area contributed by atoms with Gasteiger partial charge in [0.1, 0.15) is 12.6 Å². The molecule has 16 heavy (non-hydrogen) atoms. The molecule has 0 saturated carbocycles. The summed E-state index contributed by atoms with van der Waals surface area (Å²) in [6.07, 6.45) is 3.16. The van der Waals surface area contributed by atoms with Gasteiger partial charge in [-0.15, -0.1) is 0 Å². The maximum Gasteiger partial charge on any atom is 0.326 e. The van der Waals surface area contributed by atoms with Gasteiger partial charge in [-0.1, -0.05) is 6.92 Å². The largest absolute Gasteiger partial charge is 0.480 e. The highest BCUT2D eigenvalue weighted by molar-refractivity contribution is 5.84. The van der Waals surface area contributed by atoms with Crippen LogP contribution in [0, 0.1) is 0 Å². The number of nitrogens with zero attached hydrogens (tertiary/aromatic N) is 1. The van der Waals surface area contributed by atoms with Crippen molar-refractivity contribution in [3.63, 3.8) is 0 Å². The van der Waals surface area contributed by atoms with Crippen molar-refractivity contribution in [2.24, 2.45) is 0 Å². The molecule has 1 amide bonds. The molecular weight excluding hydrogens is 210 g/mol. The van der Waals surface area contributed by atoms with Gasteiger partial charge in [-0.3, -0.25) is 4.79 Å². The van der Waals surface area contributed by atoms with Crippen molar-refractivity contribution in [2.75, 3.05) is 19.8 Å². The van der Waals surface area contributed by atoms with E-state index in [2.05, 4.69) is 0 Å². The molecule has 0 unspecified atom stereocenters. The molecule has 1 saturated heterocycles. The molecule has 1 atom stereocenters. The van der Waals surface area contributed by atoms with Gasteiger partial charge in [0, 0.05) is 13.2 Å². The molecule has 1 aliphatic rings. The minimum absolute atomic E-state index is 0.00236. The number of carboxylic acids is 1. The van der Waals surface area contributed by atoms with Gasteiger partial charge in [0.15, 0.2) is 0 Å². The zero-order valence-corrected chi connectivity index (χ0v) is 9.65. The lowest BCUT2D eigenvalue weighted by atomic mass is 10.0.